The van der Waals surface area contributed by atoms with Gasteiger partial charge in [0.1, 0.15) is 17.9 Å². The molecule has 142 valence electrons. The summed E-state index contributed by atoms with van der Waals surface area (Å²) >= 11 is 0. The Morgan fingerprint density at radius 2 is 1.79 bits per heavy atom. The summed E-state index contributed by atoms with van der Waals surface area (Å²) in [4.78, 5) is 25.2. The van der Waals surface area contributed by atoms with Crippen molar-refractivity contribution in [3.8, 4) is 0 Å². The summed E-state index contributed by atoms with van der Waals surface area (Å²) in [5.41, 5.74) is 2.36. The van der Waals surface area contributed by atoms with Crippen LogP contribution in [-0.2, 0) is 11.3 Å². The van der Waals surface area contributed by atoms with Gasteiger partial charge in [0.25, 0.3) is 5.56 Å². The first kappa shape index (κ1) is 18.0. The van der Waals surface area contributed by atoms with E-state index in [9.17, 15) is 9.59 Å². The number of fused-ring (bicyclic) bond motifs is 3. The Morgan fingerprint density at radius 1 is 1.07 bits per heavy atom. The molecular formula is C22H22N4O2. The molecular weight excluding hydrogens is 352 g/mol. The first-order valence-corrected chi connectivity index (χ1v) is 9.34. The predicted molar refractivity (Wildman–Crippen MR) is 110 cm³/mol. The number of carbonyl (C=O) groups is 1. The molecule has 0 unspecified atom stereocenters. The van der Waals surface area contributed by atoms with Gasteiger partial charge in [0.15, 0.2) is 0 Å². The first-order chi connectivity index (χ1) is 13.5. The van der Waals surface area contributed by atoms with E-state index in [0.717, 1.165) is 16.5 Å². The minimum absolute atomic E-state index is 0.0980. The van der Waals surface area contributed by atoms with E-state index in [1.54, 1.807) is 0 Å². The molecule has 1 amide bonds. The van der Waals surface area contributed by atoms with Crippen molar-refractivity contribution in [3.63, 3.8) is 0 Å². The quantitative estimate of drug-likeness (QED) is 0.584. The highest BCUT2D eigenvalue weighted by Crippen LogP contribution is 2.18. The Bertz CT molecular complexity index is 1210. The van der Waals surface area contributed by atoms with E-state index in [4.69, 9.17) is 0 Å². The Kier molecular flexibility index (Phi) is 4.69. The predicted octanol–water partition coefficient (Wildman–Crippen LogP) is 2.88. The van der Waals surface area contributed by atoms with Gasteiger partial charge in [-0.15, -0.1) is 0 Å². The molecule has 0 saturated heterocycles. The molecule has 6 nitrogen and oxygen atoms in total. The van der Waals surface area contributed by atoms with E-state index in [1.807, 2.05) is 72.0 Å². The topological polar surface area (TPSA) is 68.4 Å². The SMILES string of the molecule is Cc1nn(CC(=O)NC[C@@H](C)c2ccccc2)c(=O)c2cc3ccccc3n12. The van der Waals surface area contributed by atoms with Gasteiger partial charge < -0.3 is 5.32 Å². The fraction of sp³-hybridized carbons (Fsp3) is 0.227. The first-order valence-electron chi connectivity index (χ1n) is 9.34. The van der Waals surface area contributed by atoms with E-state index in [-0.39, 0.29) is 23.9 Å². The fourth-order valence-corrected chi connectivity index (χ4v) is 3.52. The molecule has 4 rings (SSSR count). The smallest absolute Gasteiger partial charge is 0.291 e. The third kappa shape index (κ3) is 3.29. The highest BCUT2D eigenvalue weighted by Gasteiger charge is 2.14. The second kappa shape index (κ2) is 7.31. The van der Waals surface area contributed by atoms with Crippen molar-refractivity contribution in [2.45, 2.75) is 26.3 Å². The zero-order chi connectivity index (χ0) is 19.7. The minimum atomic E-state index is -0.270. The molecule has 1 N–H and O–H groups in total. The highest BCUT2D eigenvalue weighted by atomic mass is 16.2. The van der Waals surface area contributed by atoms with Gasteiger partial charge in [0.2, 0.25) is 5.91 Å². The molecule has 0 fully saturated rings. The van der Waals surface area contributed by atoms with Crippen molar-refractivity contribution < 1.29 is 4.79 Å². The van der Waals surface area contributed by atoms with Crippen LogP contribution >= 0.6 is 0 Å². The lowest BCUT2D eigenvalue weighted by molar-refractivity contribution is -0.121. The second-order valence-electron chi connectivity index (χ2n) is 7.05. The van der Waals surface area contributed by atoms with Crippen LogP contribution in [0.2, 0.25) is 0 Å². The molecule has 0 spiro atoms. The molecule has 0 saturated carbocycles. The summed E-state index contributed by atoms with van der Waals surface area (Å²) in [6, 6.07) is 19.6. The Balaban J connectivity index is 1.54. The number of para-hydroxylation sites is 1. The van der Waals surface area contributed by atoms with Gasteiger partial charge in [0, 0.05) is 11.9 Å². The van der Waals surface area contributed by atoms with E-state index in [1.165, 1.54) is 4.68 Å². The maximum absolute atomic E-state index is 12.8. The number of carbonyl (C=O) groups excluding carboxylic acids is 1. The van der Waals surface area contributed by atoms with Crippen molar-refractivity contribution in [1.29, 1.82) is 0 Å². The lowest BCUT2D eigenvalue weighted by atomic mass is 10.0. The molecule has 1 atom stereocenters. The van der Waals surface area contributed by atoms with E-state index >= 15 is 0 Å². The lowest BCUT2D eigenvalue weighted by Crippen LogP contribution is -2.36. The van der Waals surface area contributed by atoms with Crippen LogP contribution in [0.15, 0.2) is 65.5 Å². The monoisotopic (exact) mass is 374 g/mol. The summed E-state index contributed by atoms with van der Waals surface area (Å²) in [5.74, 6) is 0.633. The number of hydrogen-bond donors (Lipinski definition) is 1. The van der Waals surface area contributed by atoms with E-state index < -0.39 is 0 Å². The van der Waals surface area contributed by atoms with Gasteiger partial charge in [-0.05, 0) is 30.5 Å². The molecule has 0 radical (unpaired) electrons. The summed E-state index contributed by atoms with van der Waals surface area (Å²) in [6.45, 7) is 4.31. The van der Waals surface area contributed by atoms with Gasteiger partial charge in [-0.3, -0.25) is 14.0 Å². The number of amides is 1. The van der Waals surface area contributed by atoms with E-state index in [2.05, 4.69) is 17.3 Å². The zero-order valence-corrected chi connectivity index (χ0v) is 15.9. The van der Waals surface area contributed by atoms with Crippen LogP contribution in [0.25, 0.3) is 16.4 Å². The molecule has 6 heteroatoms. The van der Waals surface area contributed by atoms with Gasteiger partial charge in [-0.1, -0.05) is 55.5 Å². The Morgan fingerprint density at radius 3 is 2.57 bits per heavy atom. The molecule has 2 aromatic carbocycles. The van der Waals surface area contributed by atoms with Crippen LogP contribution < -0.4 is 10.9 Å². The second-order valence-corrected chi connectivity index (χ2v) is 7.05. The normalized spacial score (nSPS) is 12.4. The summed E-state index contributed by atoms with van der Waals surface area (Å²) in [6.07, 6.45) is 0. The number of benzene rings is 2. The lowest BCUT2D eigenvalue weighted by Gasteiger charge is -2.14. The third-order valence-electron chi connectivity index (χ3n) is 5.02. The molecule has 2 aromatic heterocycles. The highest BCUT2D eigenvalue weighted by molar-refractivity contribution is 5.87. The van der Waals surface area contributed by atoms with Crippen molar-refractivity contribution in [2.75, 3.05) is 6.54 Å². The Hall–Kier alpha value is -3.41. The van der Waals surface area contributed by atoms with Crippen molar-refractivity contribution in [1.82, 2.24) is 19.5 Å². The summed E-state index contributed by atoms with van der Waals surface area (Å²) < 4.78 is 3.08. The van der Waals surface area contributed by atoms with Crippen molar-refractivity contribution in [3.05, 3.63) is 82.4 Å². The molecule has 2 heterocycles. The standard InChI is InChI=1S/C22H22N4O2/c1-15(17-8-4-3-5-9-17)13-23-21(27)14-25-22(28)20-12-18-10-6-7-11-19(18)26(20)16(2)24-25/h3-12,15H,13-14H2,1-2H3,(H,23,27)/t15-/m1/s1. The summed E-state index contributed by atoms with van der Waals surface area (Å²) in [7, 11) is 0. The molecule has 4 aromatic rings. The van der Waals surface area contributed by atoms with Crippen molar-refractivity contribution >= 4 is 22.3 Å². The van der Waals surface area contributed by atoms with E-state index in [0.29, 0.717) is 17.9 Å². The Labute approximate surface area is 162 Å². The number of rotatable bonds is 5. The van der Waals surface area contributed by atoms with Crippen LogP contribution in [0.1, 0.15) is 24.2 Å². The number of hydrogen-bond acceptors (Lipinski definition) is 3. The van der Waals surface area contributed by atoms with Gasteiger partial charge in [0.05, 0.1) is 5.52 Å². The number of aryl methyl sites for hydroxylation is 1. The number of nitrogens with zero attached hydrogens (tertiary/aromatic N) is 3. The maximum atomic E-state index is 12.8. The van der Waals surface area contributed by atoms with Crippen LogP contribution in [0, 0.1) is 6.92 Å². The molecule has 0 bridgehead atoms. The maximum Gasteiger partial charge on any atom is 0.291 e. The molecule has 0 aliphatic rings. The van der Waals surface area contributed by atoms with Gasteiger partial charge in [-0.2, -0.15) is 5.10 Å². The zero-order valence-electron chi connectivity index (χ0n) is 15.9. The summed E-state index contributed by atoms with van der Waals surface area (Å²) in [5, 5.41) is 8.24. The van der Waals surface area contributed by atoms with Crippen molar-refractivity contribution in [2.24, 2.45) is 0 Å². The van der Waals surface area contributed by atoms with Crippen LogP contribution in [0.4, 0.5) is 0 Å². The van der Waals surface area contributed by atoms with Crippen LogP contribution in [0.3, 0.4) is 0 Å². The number of aromatic nitrogens is 3. The van der Waals surface area contributed by atoms with Crippen LogP contribution in [-0.4, -0.2) is 26.6 Å². The van der Waals surface area contributed by atoms with Gasteiger partial charge in [-0.25, -0.2) is 4.68 Å². The fourth-order valence-electron chi connectivity index (χ4n) is 3.52. The van der Waals surface area contributed by atoms with Gasteiger partial charge >= 0.3 is 0 Å². The molecule has 28 heavy (non-hydrogen) atoms. The minimum Gasteiger partial charge on any atom is -0.354 e. The molecule has 0 aliphatic carbocycles. The van der Waals surface area contributed by atoms with Crippen LogP contribution in [0.5, 0.6) is 0 Å². The third-order valence-corrected chi connectivity index (χ3v) is 5.02. The molecule has 0 aliphatic heterocycles. The largest absolute Gasteiger partial charge is 0.354 e. The number of nitrogens with one attached hydrogen (secondary N) is 1. The average Bonchev–Trinajstić information content (AvgIpc) is 3.11. The average molecular weight is 374 g/mol.